The minimum atomic E-state index is 0. The Labute approximate surface area is 189 Å². The molecule has 0 aromatic carbocycles. The zero-order valence-electron chi connectivity index (χ0n) is 19.0. The van der Waals surface area contributed by atoms with E-state index in [4.69, 9.17) is 4.74 Å². The van der Waals surface area contributed by atoms with Crippen LogP contribution in [0.3, 0.4) is 0 Å². The van der Waals surface area contributed by atoms with E-state index in [9.17, 15) is 0 Å². The summed E-state index contributed by atoms with van der Waals surface area (Å²) in [5.41, 5.74) is 0. The molecule has 1 radical (unpaired) electrons. The van der Waals surface area contributed by atoms with Gasteiger partial charge in [-0.3, -0.25) is 0 Å². The summed E-state index contributed by atoms with van der Waals surface area (Å²) in [6.45, 7) is 6.57. The van der Waals surface area contributed by atoms with Gasteiger partial charge in [-0.1, -0.05) is 129 Å². The van der Waals surface area contributed by atoms with E-state index in [1.165, 1.54) is 128 Å². The summed E-state index contributed by atoms with van der Waals surface area (Å²) in [6, 6.07) is 0. The van der Waals surface area contributed by atoms with Crippen molar-refractivity contribution in [2.75, 3.05) is 13.2 Å². The number of hydrogen-bond donors (Lipinski definition) is 0. The maximum atomic E-state index is 5.78. The largest absolute Gasteiger partial charge is 0.381 e. The first kappa shape index (κ1) is 29.2. The molecule has 0 unspecified atom stereocenters. The van der Waals surface area contributed by atoms with Gasteiger partial charge in [-0.15, -0.1) is 0 Å². The Hall–Kier alpha value is 0.960. The predicted molar refractivity (Wildman–Crippen MR) is 120 cm³/mol. The standard InChI is InChI=1S/C24H50O.Na/c1-3-5-7-9-11-13-15-17-19-21-23-25-24-22-20-18-16-14-12-10-8-6-4-2;/h3-24H2,1-2H3;. The molecule has 0 N–H and O–H groups in total. The van der Waals surface area contributed by atoms with Crippen LogP contribution in [0.1, 0.15) is 142 Å². The van der Waals surface area contributed by atoms with Crippen molar-refractivity contribution in [1.82, 2.24) is 0 Å². The van der Waals surface area contributed by atoms with Crippen LogP contribution in [0, 0.1) is 0 Å². The Morgan fingerprint density at radius 1 is 0.346 bits per heavy atom. The molecule has 0 rings (SSSR count). The second kappa shape index (κ2) is 28.2. The number of hydrogen-bond acceptors (Lipinski definition) is 1. The van der Waals surface area contributed by atoms with Gasteiger partial charge in [0.05, 0.1) is 0 Å². The van der Waals surface area contributed by atoms with Gasteiger partial charge in [0.25, 0.3) is 0 Å². The zero-order chi connectivity index (χ0) is 18.3. The zero-order valence-corrected chi connectivity index (χ0v) is 21.0. The van der Waals surface area contributed by atoms with E-state index in [2.05, 4.69) is 13.8 Å². The van der Waals surface area contributed by atoms with Crippen LogP contribution in [0.4, 0.5) is 0 Å². The molecule has 26 heavy (non-hydrogen) atoms. The number of ether oxygens (including phenoxy) is 1. The fourth-order valence-corrected chi connectivity index (χ4v) is 3.49. The molecule has 2 heteroatoms. The van der Waals surface area contributed by atoms with Gasteiger partial charge < -0.3 is 4.74 Å². The Balaban J connectivity index is 0. The van der Waals surface area contributed by atoms with Gasteiger partial charge in [0, 0.05) is 42.8 Å². The van der Waals surface area contributed by atoms with E-state index in [0.717, 1.165) is 13.2 Å². The van der Waals surface area contributed by atoms with Crippen LogP contribution >= 0.6 is 0 Å². The Bertz CT molecular complexity index is 198. The molecule has 0 amide bonds. The van der Waals surface area contributed by atoms with Gasteiger partial charge >= 0.3 is 0 Å². The average molecular weight is 378 g/mol. The van der Waals surface area contributed by atoms with Gasteiger partial charge in [0.2, 0.25) is 0 Å². The molecule has 0 aromatic rings. The van der Waals surface area contributed by atoms with Crippen molar-refractivity contribution in [2.24, 2.45) is 0 Å². The molecule has 0 aromatic heterocycles. The molecule has 0 aliphatic carbocycles. The molecule has 1 nitrogen and oxygen atoms in total. The Morgan fingerprint density at radius 2 is 0.577 bits per heavy atom. The van der Waals surface area contributed by atoms with E-state index >= 15 is 0 Å². The van der Waals surface area contributed by atoms with Crippen LogP contribution in [-0.2, 0) is 4.74 Å². The topological polar surface area (TPSA) is 9.23 Å². The van der Waals surface area contributed by atoms with Crippen molar-refractivity contribution in [3.63, 3.8) is 0 Å². The maximum absolute atomic E-state index is 5.78. The Morgan fingerprint density at radius 3 is 0.846 bits per heavy atom. The summed E-state index contributed by atoms with van der Waals surface area (Å²) in [5.74, 6) is 0. The van der Waals surface area contributed by atoms with Crippen molar-refractivity contribution < 1.29 is 4.74 Å². The van der Waals surface area contributed by atoms with E-state index in [1.54, 1.807) is 0 Å². The first-order chi connectivity index (χ1) is 12.4. The molecule has 0 bridgehead atoms. The first-order valence-corrected chi connectivity index (χ1v) is 12.0. The monoisotopic (exact) mass is 377 g/mol. The van der Waals surface area contributed by atoms with E-state index in [-0.39, 0.29) is 29.6 Å². The fourth-order valence-electron chi connectivity index (χ4n) is 3.49. The molecule has 0 spiro atoms. The van der Waals surface area contributed by atoms with Crippen LogP contribution in [0.15, 0.2) is 0 Å². The van der Waals surface area contributed by atoms with Gasteiger partial charge in [0.15, 0.2) is 0 Å². The van der Waals surface area contributed by atoms with E-state index in [1.807, 2.05) is 0 Å². The van der Waals surface area contributed by atoms with Crippen LogP contribution in [-0.4, -0.2) is 42.8 Å². The van der Waals surface area contributed by atoms with E-state index < -0.39 is 0 Å². The van der Waals surface area contributed by atoms with Gasteiger partial charge in [-0.25, -0.2) is 0 Å². The van der Waals surface area contributed by atoms with Crippen molar-refractivity contribution in [3.05, 3.63) is 0 Å². The third kappa shape index (κ3) is 27.2. The maximum Gasteiger partial charge on any atom is 0.0466 e. The molecule has 0 saturated carbocycles. The van der Waals surface area contributed by atoms with E-state index in [0.29, 0.717) is 0 Å². The summed E-state index contributed by atoms with van der Waals surface area (Å²) in [7, 11) is 0. The normalized spacial score (nSPS) is 10.8. The molecular formula is C24H50NaO. The second-order valence-corrected chi connectivity index (χ2v) is 7.98. The molecule has 0 saturated heterocycles. The summed E-state index contributed by atoms with van der Waals surface area (Å²) in [5, 5.41) is 0. The summed E-state index contributed by atoms with van der Waals surface area (Å²) in [4.78, 5) is 0. The molecule has 0 atom stereocenters. The summed E-state index contributed by atoms with van der Waals surface area (Å²) >= 11 is 0. The number of rotatable bonds is 22. The van der Waals surface area contributed by atoms with Crippen LogP contribution in [0.2, 0.25) is 0 Å². The minimum Gasteiger partial charge on any atom is -0.381 e. The smallest absolute Gasteiger partial charge is 0.0466 e. The molecule has 0 heterocycles. The third-order valence-corrected chi connectivity index (χ3v) is 5.28. The fraction of sp³-hybridized carbons (Fsp3) is 1.00. The molecule has 153 valence electrons. The molecule has 0 aliphatic rings. The van der Waals surface area contributed by atoms with Gasteiger partial charge in [0.1, 0.15) is 0 Å². The first-order valence-electron chi connectivity index (χ1n) is 12.0. The Kier molecular flexibility index (Phi) is 31.6. The number of unbranched alkanes of at least 4 members (excludes halogenated alkanes) is 18. The van der Waals surface area contributed by atoms with Gasteiger partial charge in [-0.2, -0.15) is 0 Å². The summed E-state index contributed by atoms with van der Waals surface area (Å²) in [6.07, 6.45) is 28.2. The molecular weight excluding hydrogens is 327 g/mol. The van der Waals surface area contributed by atoms with Crippen LogP contribution in [0.5, 0.6) is 0 Å². The third-order valence-electron chi connectivity index (χ3n) is 5.28. The second-order valence-electron chi connectivity index (χ2n) is 7.98. The quantitative estimate of drug-likeness (QED) is 0.136. The van der Waals surface area contributed by atoms with Crippen molar-refractivity contribution >= 4 is 29.6 Å². The summed E-state index contributed by atoms with van der Waals surface area (Å²) < 4.78 is 5.78. The van der Waals surface area contributed by atoms with Crippen LogP contribution in [0.25, 0.3) is 0 Å². The minimum absolute atomic E-state index is 0. The van der Waals surface area contributed by atoms with Crippen molar-refractivity contribution in [1.29, 1.82) is 0 Å². The van der Waals surface area contributed by atoms with Crippen molar-refractivity contribution in [3.8, 4) is 0 Å². The predicted octanol–water partition coefficient (Wildman–Crippen LogP) is 8.46. The molecule has 0 fully saturated rings. The SMILES string of the molecule is CCCCCCCCCCCCOCCCCCCCCCCCC.[Na]. The van der Waals surface area contributed by atoms with Gasteiger partial charge in [-0.05, 0) is 12.8 Å². The average Bonchev–Trinajstić information content (AvgIpc) is 2.63. The van der Waals surface area contributed by atoms with Crippen LogP contribution < -0.4 is 0 Å². The molecule has 0 aliphatic heterocycles. The van der Waals surface area contributed by atoms with Crippen molar-refractivity contribution in [2.45, 2.75) is 142 Å².